The summed E-state index contributed by atoms with van der Waals surface area (Å²) in [6.07, 6.45) is 1.58. The Balaban J connectivity index is 1.80. The van der Waals surface area contributed by atoms with Crippen molar-refractivity contribution in [3.8, 4) is 11.9 Å². The van der Waals surface area contributed by atoms with Crippen molar-refractivity contribution in [3.05, 3.63) is 22.4 Å². The van der Waals surface area contributed by atoms with Gasteiger partial charge in [0, 0.05) is 11.5 Å². The van der Waals surface area contributed by atoms with Crippen LogP contribution in [0.2, 0.25) is 0 Å². The summed E-state index contributed by atoms with van der Waals surface area (Å²) in [7, 11) is 0. The Labute approximate surface area is 177 Å². The molecule has 1 aromatic heterocycles. The topological polar surface area (TPSA) is 102 Å². The average Bonchev–Trinajstić information content (AvgIpc) is 3.20. The van der Waals surface area contributed by atoms with Crippen LogP contribution in [-0.2, 0) is 27.1 Å². The van der Waals surface area contributed by atoms with E-state index < -0.39 is 17.4 Å². The molecule has 0 radical (unpaired) electrons. The Hall–Kier alpha value is -2.66. The number of ether oxygens (including phenoxy) is 3. The van der Waals surface area contributed by atoms with Crippen LogP contribution in [0.1, 0.15) is 57.0 Å². The summed E-state index contributed by atoms with van der Waals surface area (Å²) >= 11 is 0. The lowest BCUT2D eigenvalue weighted by atomic mass is 10.0. The molecule has 162 valence electrons. The van der Waals surface area contributed by atoms with Gasteiger partial charge in [0.15, 0.2) is 0 Å². The Morgan fingerprint density at radius 2 is 2.03 bits per heavy atom. The number of amides is 1. The minimum absolute atomic E-state index is 0.130. The first-order valence-corrected chi connectivity index (χ1v) is 10.1. The van der Waals surface area contributed by atoms with Gasteiger partial charge >= 0.3 is 6.09 Å². The molecule has 8 heteroatoms. The summed E-state index contributed by atoms with van der Waals surface area (Å²) in [4.78, 5) is 29.9. The van der Waals surface area contributed by atoms with E-state index in [1.165, 1.54) is 0 Å². The first-order valence-electron chi connectivity index (χ1n) is 10.1. The predicted molar refractivity (Wildman–Crippen MR) is 108 cm³/mol. The van der Waals surface area contributed by atoms with Gasteiger partial charge in [-0.1, -0.05) is 0 Å². The van der Waals surface area contributed by atoms with Gasteiger partial charge in [0.25, 0.3) is 0 Å². The molecule has 1 aliphatic heterocycles. The SMILES string of the molecule is Cc1c(OC[C@H]2COC(C)(C)N2C(=O)OC(C)(C)C)nc(C#N)c2c1CC(C=O)C2. The van der Waals surface area contributed by atoms with Crippen molar-refractivity contribution in [2.45, 2.75) is 71.8 Å². The molecule has 1 fully saturated rings. The molecule has 1 amide bonds. The highest BCUT2D eigenvalue weighted by Gasteiger charge is 2.46. The fourth-order valence-corrected chi connectivity index (χ4v) is 4.03. The molecule has 0 saturated carbocycles. The predicted octanol–water partition coefficient (Wildman–Crippen LogP) is 2.93. The summed E-state index contributed by atoms with van der Waals surface area (Å²) in [6.45, 7) is 11.4. The Kier molecular flexibility index (Phi) is 5.79. The number of fused-ring (bicyclic) bond motifs is 1. The maximum Gasteiger partial charge on any atom is 0.413 e. The van der Waals surface area contributed by atoms with Gasteiger partial charge in [-0.2, -0.15) is 5.26 Å². The first kappa shape index (κ1) is 22.0. The fraction of sp³-hybridized carbons (Fsp3) is 0.636. The summed E-state index contributed by atoms with van der Waals surface area (Å²) in [5.74, 6) is 0.222. The zero-order valence-corrected chi connectivity index (χ0v) is 18.4. The second-order valence-electron chi connectivity index (χ2n) is 9.34. The molecule has 30 heavy (non-hydrogen) atoms. The first-order chi connectivity index (χ1) is 14.0. The highest BCUT2D eigenvalue weighted by atomic mass is 16.6. The highest BCUT2D eigenvalue weighted by Crippen LogP contribution is 2.35. The van der Waals surface area contributed by atoms with E-state index in [1.807, 2.05) is 41.5 Å². The molecule has 0 N–H and O–H groups in total. The van der Waals surface area contributed by atoms with Gasteiger partial charge in [-0.15, -0.1) is 0 Å². The van der Waals surface area contributed by atoms with E-state index in [-0.39, 0.29) is 18.6 Å². The summed E-state index contributed by atoms with van der Waals surface area (Å²) in [5.41, 5.74) is 1.46. The molecule has 2 aliphatic rings. The number of nitriles is 1. The van der Waals surface area contributed by atoms with Crippen LogP contribution in [0.4, 0.5) is 4.79 Å². The van der Waals surface area contributed by atoms with Crippen molar-refractivity contribution in [1.82, 2.24) is 9.88 Å². The number of pyridine rings is 1. The van der Waals surface area contributed by atoms with E-state index in [0.29, 0.717) is 31.0 Å². The molecular formula is C22H29N3O5. The number of aldehydes is 1. The highest BCUT2D eigenvalue weighted by molar-refractivity contribution is 5.69. The average molecular weight is 415 g/mol. The summed E-state index contributed by atoms with van der Waals surface area (Å²) in [5, 5.41) is 9.50. The molecule has 3 rings (SSSR count). The number of aromatic nitrogens is 1. The number of carbonyl (C=O) groups excluding carboxylic acids is 2. The van der Waals surface area contributed by atoms with Gasteiger partial charge in [0.05, 0.1) is 12.6 Å². The van der Waals surface area contributed by atoms with Crippen LogP contribution in [-0.4, -0.2) is 52.8 Å². The van der Waals surface area contributed by atoms with Gasteiger partial charge in [-0.25, -0.2) is 9.78 Å². The fourth-order valence-electron chi connectivity index (χ4n) is 4.03. The molecule has 1 aliphatic carbocycles. The van der Waals surface area contributed by atoms with Crippen molar-refractivity contribution < 1.29 is 23.8 Å². The maximum absolute atomic E-state index is 12.8. The Bertz CT molecular complexity index is 898. The lowest BCUT2D eigenvalue weighted by Crippen LogP contribution is -2.51. The van der Waals surface area contributed by atoms with Gasteiger partial charge in [0.1, 0.15) is 36.0 Å². The van der Waals surface area contributed by atoms with Crippen LogP contribution in [0.3, 0.4) is 0 Å². The summed E-state index contributed by atoms with van der Waals surface area (Å²) in [6, 6.07) is 1.75. The molecule has 2 atom stereocenters. The Morgan fingerprint density at radius 3 is 2.63 bits per heavy atom. The van der Waals surface area contributed by atoms with Gasteiger partial charge in [-0.05, 0) is 65.5 Å². The van der Waals surface area contributed by atoms with Crippen molar-refractivity contribution in [2.75, 3.05) is 13.2 Å². The van der Waals surface area contributed by atoms with Crippen molar-refractivity contribution >= 4 is 12.4 Å². The van der Waals surface area contributed by atoms with Crippen LogP contribution < -0.4 is 4.74 Å². The van der Waals surface area contributed by atoms with Crippen LogP contribution in [0.5, 0.6) is 5.88 Å². The molecule has 1 aromatic rings. The van der Waals surface area contributed by atoms with Crippen LogP contribution in [0, 0.1) is 24.2 Å². The molecule has 0 aromatic carbocycles. The summed E-state index contributed by atoms with van der Waals surface area (Å²) < 4.78 is 17.3. The van der Waals surface area contributed by atoms with Crippen LogP contribution in [0.15, 0.2) is 0 Å². The number of hydrogen-bond donors (Lipinski definition) is 0. The van der Waals surface area contributed by atoms with Gasteiger partial charge in [0.2, 0.25) is 5.88 Å². The maximum atomic E-state index is 12.8. The van der Waals surface area contributed by atoms with Gasteiger partial charge in [-0.3, -0.25) is 4.90 Å². The second kappa shape index (κ2) is 7.88. The zero-order chi connectivity index (χ0) is 22.3. The molecule has 0 spiro atoms. The lowest BCUT2D eigenvalue weighted by molar-refractivity contribution is -0.110. The standard InChI is InChI=1S/C22H29N3O5/c1-13-16-7-14(10-26)8-17(16)18(9-23)24-19(13)28-11-15-12-29-22(5,6)25(15)20(27)30-21(2,3)4/h10,14-15H,7-8,11-12H2,1-6H3/t14?,15-/m0/s1. The van der Waals surface area contributed by atoms with E-state index in [9.17, 15) is 14.9 Å². The quantitative estimate of drug-likeness (QED) is 0.697. The molecular weight excluding hydrogens is 386 g/mol. The Morgan fingerprint density at radius 1 is 1.37 bits per heavy atom. The molecule has 0 bridgehead atoms. The normalized spacial score (nSPS) is 22.4. The third-order valence-electron chi connectivity index (χ3n) is 5.44. The minimum atomic E-state index is -0.828. The van der Waals surface area contributed by atoms with E-state index >= 15 is 0 Å². The number of rotatable bonds is 4. The van der Waals surface area contributed by atoms with E-state index in [4.69, 9.17) is 14.2 Å². The second-order valence-corrected chi connectivity index (χ2v) is 9.34. The number of nitrogens with zero attached hydrogens (tertiary/aromatic N) is 3. The minimum Gasteiger partial charge on any atom is -0.475 e. The van der Waals surface area contributed by atoms with E-state index in [0.717, 1.165) is 23.0 Å². The largest absolute Gasteiger partial charge is 0.475 e. The lowest BCUT2D eigenvalue weighted by Gasteiger charge is -2.35. The van der Waals surface area contributed by atoms with Crippen molar-refractivity contribution in [2.24, 2.45) is 5.92 Å². The third-order valence-corrected chi connectivity index (χ3v) is 5.44. The number of hydrogen-bond acceptors (Lipinski definition) is 7. The van der Waals surface area contributed by atoms with E-state index in [2.05, 4.69) is 11.1 Å². The number of carbonyl (C=O) groups is 2. The van der Waals surface area contributed by atoms with E-state index in [1.54, 1.807) is 4.90 Å². The third kappa shape index (κ3) is 4.26. The van der Waals surface area contributed by atoms with Crippen LogP contribution in [0.25, 0.3) is 0 Å². The molecule has 1 saturated heterocycles. The van der Waals surface area contributed by atoms with Crippen LogP contribution >= 0.6 is 0 Å². The molecule has 8 nitrogen and oxygen atoms in total. The van der Waals surface area contributed by atoms with Crippen molar-refractivity contribution in [3.63, 3.8) is 0 Å². The molecule has 2 heterocycles. The van der Waals surface area contributed by atoms with Gasteiger partial charge < -0.3 is 19.0 Å². The molecule has 1 unspecified atom stereocenters. The smallest absolute Gasteiger partial charge is 0.413 e. The zero-order valence-electron chi connectivity index (χ0n) is 18.4. The van der Waals surface area contributed by atoms with Crippen molar-refractivity contribution in [1.29, 1.82) is 5.26 Å². The monoisotopic (exact) mass is 415 g/mol.